The third kappa shape index (κ3) is 2.95. The lowest BCUT2D eigenvalue weighted by Gasteiger charge is -2.13. The van der Waals surface area contributed by atoms with Gasteiger partial charge in [0.1, 0.15) is 5.75 Å². The third-order valence-corrected chi connectivity index (χ3v) is 5.13. The Morgan fingerprint density at radius 2 is 1.64 bits per heavy atom. The van der Waals surface area contributed by atoms with Gasteiger partial charge in [0.15, 0.2) is 0 Å². The minimum atomic E-state index is -5.60. The van der Waals surface area contributed by atoms with E-state index < -0.39 is 15.6 Å². The molecule has 2 aliphatic rings. The minimum absolute atomic E-state index is 0.133. The maximum Gasteiger partial charge on any atom is 0.534 e. The molecule has 0 unspecified atom stereocenters. The van der Waals surface area contributed by atoms with Gasteiger partial charge in [0.25, 0.3) is 0 Å². The quantitative estimate of drug-likeness (QED) is 0.602. The lowest BCUT2D eigenvalue weighted by atomic mass is 10.0. The molecule has 1 aromatic rings. The molecule has 1 aromatic carbocycles. The van der Waals surface area contributed by atoms with Crippen LogP contribution in [-0.4, -0.2) is 13.9 Å². The van der Waals surface area contributed by atoms with Crippen LogP contribution >= 0.6 is 0 Å². The van der Waals surface area contributed by atoms with Gasteiger partial charge in [0, 0.05) is 0 Å². The van der Waals surface area contributed by atoms with Crippen LogP contribution in [0.1, 0.15) is 43.4 Å². The fourth-order valence-electron chi connectivity index (χ4n) is 2.81. The second-order valence-corrected chi connectivity index (χ2v) is 7.21. The van der Waals surface area contributed by atoms with Crippen LogP contribution in [0, 0.1) is 12.3 Å². The highest BCUT2D eigenvalue weighted by molar-refractivity contribution is 7.88. The number of alkyl halides is 3. The molecule has 1 spiro atoms. The lowest BCUT2D eigenvalue weighted by molar-refractivity contribution is -0.0500. The molecule has 22 heavy (non-hydrogen) atoms. The van der Waals surface area contributed by atoms with Crippen LogP contribution in [-0.2, 0) is 23.0 Å². The number of hydrogen-bond donors (Lipinski definition) is 0. The zero-order valence-corrected chi connectivity index (χ0v) is 13.6. The predicted molar refractivity (Wildman–Crippen MR) is 77.2 cm³/mol. The molecule has 124 valence electrons. The summed E-state index contributed by atoms with van der Waals surface area (Å²) in [5, 5.41) is 0. The molecule has 0 bridgehead atoms. The molecule has 3 rings (SSSR count). The number of hydrogen-bond acceptors (Lipinski definition) is 3. The summed E-state index contributed by atoms with van der Waals surface area (Å²) in [4.78, 5) is 0. The van der Waals surface area contributed by atoms with Gasteiger partial charge in [-0.05, 0) is 60.8 Å². The van der Waals surface area contributed by atoms with Crippen molar-refractivity contribution in [2.75, 3.05) is 0 Å². The van der Waals surface area contributed by atoms with Gasteiger partial charge in [-0.1, -0.05) is 19.9 Å². The molecule has 0 radical (unpaired) electrons. The van der Waals surface area contributed by atoms with Crippen molar-refractivity contribution in [2.24, 2.45) is 5.41 Å². The van der Waals surface area contributed by atoms with E-state index in [-0.39, 0.29) is 11.2 Å². The van der Waals surface area contributed by atoms with Crippen molar-refractivity contribution in [1.29, 1.82) is 0 Å². The Bertz CT molecular complexity index is 674. The molecule has 0 heterocycles. The van der Waals surface area contributed by atoms with E-state index in [0.29, 0.717) is 12.0 Å². The number of benzene rings is 1. The van der Waals surface area contributed by atoms with Crippen LogP contribution in [0.15, 0.2) is 12.1 Å². The molecular weight excluding hydrogens is 317 g/mol. The Labute approximate surface area is 128 Å². The van der Waals surface area contributed by atoms with Crippen LogP contribution in [0.4, 0.5) is 13.2 Å². The van der Waals surface area contributed by atoms with Gasteiger partial charge in [-0.15, -0.1) is 0 Å². The molecule has 1 saturated carbocycles. The Balaban J connectivity index is 0.000000847. The van der Waals surface area contributed by atoms with Crippen molar-refractivity contribution >= 4 is 10.1 Å². The maximum absolute atomic E-state index is 12.4. The summed E-state index contributed by atoms with van der Waals surface area (Å²) >= 11 is 0. The summed E-state index contributed by atoms with van der Waals surface area (Å²) in [6, 6.07) is 2.93. The average molecular weight is 336 g/mol. The van der Waals surface area contributed by atoms with Crippen LogP contribution < -0.4 is 4.18 Å². The topological polar surface area (TPSA) is 43.4 Å². The Morgan fingerprint density at radius 1 is 1.09 bits per heavy atom. The second-order valence-electron chi connectivity index (χ2n) is 5.67. The first kappa shape index (κ1) is 17.1. The van der Waals surface area contributed by atoms with Gasteiger partial charge < -0.3 is 4.18 Å². The summed E-state index contributed by atoms with van der Waals surface area (Å²) < 4.78 is 63.8. The molecule has 1 fully saturated rings. The molecule has 3 nitrogen and oxygen atoms in total. The summed E-state index contributed by atoms with van der Waals surface area (Å²) in [6.07, 6.45) is 3.48. The van der Waals surface area contributed by atoms with Crippen molar-refractivity contribution < 1.29 is 25.8 Å². The van der Waals surface area contributed by atoms with E-state index in [1.807, 2.05) is 20.8 Å². The van der Waals surface area contributed by atoms with Gasteiger partial charge >= 0.3 is 15.6 Å². The van der Waals surface area contributed by atoms with Crippen molar-refractivity contribution in [2.45, 2.75) is 52.0 Å². The van der Waals surface area contributed by atoms with Gasteiger partial charge in [-0.25, -0.2) is 0 Å². The fraction of sp³-hybridized carbons (Fsp3) is 0.600. The van der Waals surface area contributed by atoms with E-state index in [2.05, 4.69) is 4.18 Å². The number of rotatable bonds is 2. The Kier molecular flexibility index (Phi) is 4.23. The van der Waals surface area contributed by atoms with E-state index in [1.54, 1.807) is 6.07 Å². The van der Waals surface area contributed by atoms with Crippen molar-refractivity contribution in [1.82, 2.24) is 0 Å². The molecule has 0 atom stereocenters. The van der Waals surface area contributed by atoms with Gasteiger partial charge in [-0.3, -0.25) is 0 Å². The van der Waals surface area contributed by atoms with Gasteiger partial charge in [-0.2, -0.15) is 21.6 Å². The normalized spacial score (nSPS) is 18.5. The van der Waals surface area contributed by atoms with Crippen molar-refractivity contribution in [3.05, 3.63) is 28.8 Å². The maximum atomic E-state index is 12.4. The first-order valence-corrected chi connectivity index (χ1v) is 8.67. The SMILES string of the molecule is CC.Cc1ccc(OS(=O)(=O)C(F)(F)F)c2c1CC1(CC1)C2. The van der Waals surface area contributed by atoms with Crippen molar-refractivity contribution in [3.8, 4) is 5.75 Å². The largest absolute Gasteiger partial charge is 0.534 e. The highest BCUT2D eigenvalue weighted by atomic mass is 32.2. The molecule has 0 amide bonds. The number of halogens is 3. The van der Waals surface area contributed by atoms with E-state index in [4.69, 9.17) is 0 Å². The molecule has 0 aromatic heterocycles. The predicted octanol–water partition coefficient (Wildman–Crippen LogP) is 4.13. The molecule has 2 aliphatic carbocycles. The molecule has 0 N–H and O–H groups in total. The zero-order chi connectivity index (χ0) is 16.8. The van der Waals surface area contributed by atoms with Crippen LogP contribution in [0.3, 0.4) is 0 Å². The number of fused-ring (bicyclic) bond motifs is 1. The fourth-order valence-corrected chi connectivity index (χ4v) is 3.30. The summed E-state index contributed by atoms with van der Waals surface area (Å²) in [6.45, 7) is 5.88. The minimum Gasteiger partial charge on any atom is -0.376 e. The second kappa shape index (κ2) is 5.44. The summed E-state index contributed by atoms with van der Waals surface area (Å²) in [5.74, 6) is -0.174. The average Bonchev–Trinajstić information content (AvgIpc) is 3.04. The van der Waals surface area contributed by atoms with E-state index >= 15 is 0 Å². The molecule has 7 heteroatoms. The number of aryl methyl sites for hydroxylation is 1. The van der Waals surface area contributed by atoms with E-state index in [9.17, 15) is 21.6 Å². The van der Waals surface area contributed by atoms with E-state index in [0.717, 1.165) is 30.4 Å². The van der Waals surface area contributed by atoms with Crippen LogP contribution in [0.25, 0.3) is 0 Å². The van der Waals surface area contributed by atoms with Crippen LogP contribution in [0.2, 0.25) is 0 Å². The first-order chi connectivity index (χ1) is 10.1. The standard InChI is InChI=1S/C13H13F3O3S.C2H6/c1-8-2-3-11(19-20(17,18)13(14,15)16)10-7-12(4-5-12)6-9(8)10;1-2/h2-3H,4-7H2,1H3;1-2H3. The monoisotopic (exact) mass is 336 g/mol. The van der Waals surface area contributed by atoms with Crippen molar-refractivity contribution in [3.63, 3.8) is 0 Å². The van der Waals surface area contributed by atoms with Gasteiger partial charge in [0.05, 0.1) is 0 Å². The molecule has 0 aliphatic heterocycles. The lowest BCUT2D eigenvalue weighted by Crippen LogP contribution is -2.28. The van der Waals surface area contributed by atoms with Gasteiger partial charge in [0.2, 0.25) is 0 Å². The Morgan fingerprint density at radius 3 is 2.14 bits per heavy atom. The molecule has 0 saturated heterocycles. The first-order valence-electron chi connectivity index (χ1n) is 7.26. The smallest absolute Gasteiger partial charge is 0.376 e. The summed E-state index contributed by atoms with van der Waals surface area (Å²) in [7, 11) is -5.60. The third-order valence-electron chi connectivity index (χ3n) is 4.17. The highest BCUT2D eigenvalue weighted by Crippen LogP contribution is 2.57. The molecular formula is C15H19F3O3S. The van der Waals surface area contributed by atoms with E-state index in [1.165, 1.54) is 6.07 Å². The van der Waals surface area contributed by atoms with Crippen LogP contribution in [0.5, 0.6) is 5.75 Å². The summed E-state index contributed by atoms with van der Waals surface area (Å²) in [5.41, 5.74) is -2.73. The zero-order valence-electron chi connectivity index (χ0n) is 12.8. The highest BCUT2D eigenvalue weighted by Gasteiger charge is 2.51. The Hall–Kier alpha value is -1.24.